The van der Waals surface area contributed by atoms with E-state index in [1.165, 1.54) is 4.90 Å². The predicted molar refractivity (Wildman–Crippen MR) is 121 cm³/mol. The highest BCUT2D eigenvalue weighted by Crippen LogP contribution is 2.32. The van der Waals surface area contributed by atoms with E-state index in [9.17, 15) is 14.4 Å². The first-order valence-corrected chi connectivity index (χ1v) is 11.3. The van der Waals surface area contributed by atoms with Crippen molar-refractivity contribution in [3.05, 3.63) is 53.6 Å². The first-order valence-electron chi connectivity index (χ1n) is 11.3. The van der Waals surface area contributed by atoms with Gasteiger partial charge in [-0.05, 0) is 49.2 Å². The Kier molecular flexibility index (Phi) is 5.54. The number of carbonyl (C=O) groups excluding carboxylic acids is 3. The first-order chi connectivity index (χ1) is 15.9. The van der Waals surface area contributed by atoms with Crippen LogP contribution in [0.5, 0.6) is 11.5 Å². The van der Waals surface area contributed by atoms with Gasteiger partial charge in [0.25, 0.3) is 11.8 Å². The lowest BCUT2D eigenvalue weighted by Gasteiger charge is -2.38. The number of hydrogen-bond donors (Lipinski definition) is 0. The highest BCUT2D eigenvalue weighted by molar-refractivity contribution is 6.22. The molecule has 5 rings (SSSR count). The maximum atomic E-state index is 13.2. The Bertz CT molecular complexity index is 1090. The lowest BCUT2D eigenvalue weighted by Crippen LogP contribution is -2.57. The monoisotopic (exact) mass is 449 g/mol. The second kappa shape index (κ2) is 8.51. The fourth-order valence-corrected chi connectivity index (χ4v) is 4.85. The second-order valence-corrected chi connectivity index (χ2v) is 8.86. The topological polar surface area (TPSA) is 79.4 Å². The molecule has 3 aliphatic heterocycles. The highest BCUT2D eigenvalue weighted by Gasteiger charge is 2.44. The van der Waals surface area contributed by atoms with Crippen molar-refractivity contribution in [2.45, 2.75) is 32.4 Å². The summed E-state index contributed by atoms with van der Waals surface area (Å²) in [6.07, 6.45) is -0.517. The van der Waals surface area contributed by atoms with Crippen molar-refractivity contribution < 1.29 is 23.9 Å². The normalized spacial score (nSPS) is 23.2. The Labute approximate surface area is 192 Å². The summed E-state index contributed by atoms with van der Waals surface area (Å²) in [6, 6.07) is 12.6. The van der Waals surface area contributed by atoms with Crippen molar-refractivity contribution in [3.8, 4) is 11.5 Å². The van der Waals surface area contributed by atoms with E-state index in [2.05, 4.69) is 0 Å². The molecular formula is C25H27N3O5. The van der Waals surface area contributed by atoms with Crippen LogP contribution in [0.4, 0.5) is 5.69 Å². The predicted octanol–water partition coefficient (Wildman–Crippen LogP) is 1.92. The molecule has 172 valence electrons. The van der Waals surface area contributed by atoms with E-state index in [1.807, 2.05) is 55.1 Å². The molecule has 0 bridgehead atoms. The van der Waals surface area contributed by atoms with Gasteiger partial charge in [-0.1, -0.05) is 18.2 Å². The van der Waals surface area contributed by atoms with Crippen LogP contribution in [0.25, 0.3) is 0 Å². The molecule has 3 heterocycles. The number of carbonyl (C=O) groups is 3. The highest BCUT2D eigenvalue weighted by atomic mass is 16.6. The molecule has 8 nitrogen and oxygen atoms in total. The SMILES string of the molecule is Cc1cc(C)cc(N2C(=O)C[C@@H](N3CCN(C(=O)[C@@H]4COc5ccccc5O4)CC3)C2=O)c1. The quantitative estimate of drug-likeness (QED) is 0.667. The third-order valence-electron chi connectivity index (χ3n) is 6.44. The second-order valence-electron chi connectivity index (χ2n) is 8.86. The van der Waals surface area contributed by atoms with Gasteiger partial charge in [0, 0.05) is 26.2 Å². The standard InChI is InChI=1S/C25H27N3O5/c1-16-11-17(2)13-18(12-16)28-23(29)14-19(24(28)30)26-7-9-27(10-8-26)25(31)22-15-32-20-5-3-4-6-21(20)33-22/h3-6,11-13,19,22H,7-10,14-15H2,1-2H3/t19-,22+/m1/s1. The fourth-order valence-electron chi connectivity index (χ4n) is 4.85. The minimum absolute atomic E-state index is 0.116. The third kappa shape index (κ3) is 4.06. The molecule has 0 unspecified atom stereocenters. The van der Waals surface area contributed by atoms with Crippen molar-refractivity contribution in [1.29, 1.82) is 0 Å². The number of aryl methyl sites for hydroxylation is 2. The fraction of sp³-hybridized carbons (Fsp3) is 0.400. The van der Waals surface area contributed by atoms with Crippen molar-refractivity contribution in [3.63, 3.8) is 0 Å². The number of ether oxygens (including phenoxy) is 2. The minimum atomic E-state index is -0.679. The van der Waals surface area contributed by atoms with E-state index in [1.54, 1.807) is 11.0 Å². The van der Waals surface area contributed by atoms with Crippen molar-refractivity contribution >= 4 is 23.4 Å². The molecule has 0 spiro atoms. The zero-order valence-corrected chi connectivity index (χ0v) is 18.8. The summed E-state index contributed by atoms with van der Waals surface area (Å²) >= 11 is 0. The van der Waals surface area contributed by atoms with Gasteiger partial charge in [-0.3, -0.25) is 19.3 Å². The average Bonchev–Trinajstić information content (AvgIpc) is 3.11. The maximum absolute atomic E-state index is 13.2. The lowest BCUT2D eigenvalue weighted by molar-refractivity contribution is -0.143. The number of fused-ring (bicyclic) bond motifs is 1. The Morgan fingerprint density at radius 2 is 1.61 bits per heavy atom. The molecule has 0 aliphatic carbocycles. The zero-order chi connectivity index (χ0) is 23.1. The van der Waals surface area contributed by atoms with Gasteiger partial charge in [0.2, 0.25) is 12.0 Å². The van der Waals surface area contributed by atoms with Crippen LogP contribution in [0.2, 0.25) is 0 Å². The Hall–Kier alpha value is -3.39. The molecule has 2 aromatic carbocycles. The van der Waals surface area contributed by atoms with Gasteiger partial charge in [0.15, 0.2) is 11.5 Å². The molecule has 2 fully saturated rings. The van der Waals surface area contributed by atoms with Gasteiger partial charge in [0.1, 0.15) is 6.61 Å². The number of hydrogen-bond acceptors (Lipinski definition) is 6. The van der Waals surface area contributed by atoms with Crippen LogP contribution < -0.4 is 14.4 Å². The molecule has 0 saturated carbocycles. The molecular weight excluding hydrogens is 422 g/mol. The van der Waals surface area contributed by atoms with E-state index in [0.717, 1.165) is 11.1 Å². The zero-order valence-electron chi connectivity index (χ0n) is 18.8. The number of para-hydroxylation sites is 2. The third-order valence-corrected chi connectivity index (χ3v) is 6.44. The molecule has 0 N–H and O–H groups in total. The van der Waals surface area contributed by atoms with Crippen molar-refractivity contribution in [1.82, 2.24) is 9.80 Å². The van der Waals surface area contributed by atoms with Crippen LogP contribution in [0.3, 0.4) is 0 Å². The van der Waals surface area contributed by atoms with Gasteiger partial charge in [-0.2, -0.15) is 0 Å². The number of benzene rings is 2. The van der Waals surface area contributed by atoms with Crippen LogP contribution in [-0.2, 0) is 14.4 Å². The van der Waals surface area contributed by atoms with Gasteiger partial charge >= 0.3 is 0 Å². The molecule has 3 aliphatic rings. The molecule has 0 radical (unpaired) electrons. The van der Waals surface area contributed by atoms with E-state index >= 15 is 0 Å². The molecule has 2 atom stereocenters. The summed E-state index contributed by atoms with van der Waals surface area (Å²) in [5.41, 5.74) is 2.66. The summed E-state index contributed by atoms with van der Waals surface area (Å²) < 4.78 is 11.5. The largest absolute Gasteiger partial charge is 0.485 e. The number of nitrogens with zero attached hydrogens (tertiary/aromatic N) is 3. The van der Waals surface area contributed by atoms with Gasteiger partial charge in [0.05, 0.1) is 18.2 Å². The molecule has 2 aromatic rings. The number of piperazine rings is 1. The summed E-state index contributed by atoms with van der Waals surface area (Å²) in [7, 11) is 0. The van der Waals surface area contributed by atoms with E-state index < -0.39 is 12.1 Å². The summed E-state index contributed by atoms with van der Waals surface area (Å²) in [5.74, 6) is 0.728. The Morgan fingerprint density at radius 3 is 2.30 bits per heavy atom. The molecule has 3 amide bonds. The Balaban J connectivity index is 1.21. The van der Waals surface area contributed by atoms with Crippen LogP contribution in [0, 0.1) is 13.8 Å². The number of imide groups is 1. The maximum Gasteiger partial charge on any atom is 0.267 e. The average molecular weight is 450 g/mol. The molecule has 8 heteroatoms. The Morgan fingerprint density at radius 1 is 0.939 bits per heavy atom. The molecule has 2 saturated heterocycles. The summed E-state index contributed by atoms with van der Waals surface area (Å²) in [4.78, 5) is 43.9. The first kappa shape index (κ1) is 21.5. The van der Waals surface area contributed by atoms with Crippen molar-refractivity contribution in [2.24, 2.45) is 0 Å². The van der Waals surface area contributed by atoms with Crippen LogP contribution in [0.1, 0.15) is 17.5 Å². The van der Waals surface area contributed by atoms with Gasteiger partial charge < -0.3 is 14.4 Å². The number of anilines is 1. The summed E-state index contributed by atoms with van der Waals surface area (Å²) in [5, 5.41) is 0. The smallest absolute Gasteiger partial charge is 0.267 e. The molecule has 0 aromatic heterocycles. The van der Waals surface area contributed by atoms with Crippen LogP contribution in [0.15, 0.2) is 42.5 Å². The number of rotatable bonds is 3. The summed E-state index contributed by atoms with van der Waals surface area (Å²) in [6.45, 7) is 6.09. The van der Waals surface area contributed by atoms with Gasteiger partial charge in [-0.25, -0.2) is 4.90 Å². The lowest BCUT2D eigenvalue weighted by atomic mass is 10.1. The van der Waals surface area contributed by atoms with E-state index in [0.29, 0.717) is 43.4 Å². The van der Waals surface area contributed by atoms with E-state index in [-0.39, 0.29) is 30.7 Å². The van der Waals surface area contributed by atoms with Crippen molar-refractivity contribution in [2.75, 3.05) is 37.7 Å². The number of amides is 3. The van der Waals surface area contributed by atoms with Crippen LogP contribution >= 0.6 is 0 Å². The van der Waals surface area contributed by atoms with E-state index in [4.69, 9.17) is 9.47 Å². The molecule has 33 heavy (non-hydrogen) atoms. The van der Waals surface area contributed by atoms with Gasteiger partial charge in [-0.15, -0.1) is 0 Å². The minimum Gasteiger partial charge on any atom is -0.485 e. The van der Waals surface area contributed by atoms with Crippen LogP contribution in [-0.4, -0.2) is 72.5 Å².